The van der Waals surface area contributed by atoms with E-state index in [1.165, 1.54) is 0 Å². The Morgan fingerprint density at radius 1 is 1.11 bits per heavy atom. The highest BCUT2D eigenvalue weighted by atomic mass is 16.5. The smallest absolute Gasteiger partial charge is 0.260 e. The molecule has 1 aliphatic rings. The molecule has 1 heterocycles. The second kappa shape index (κ2) is 7.35. The summed E-state index contributed by atoms with van der Waals surface area (Å²) >= 11 is 0. The van der Waals surface area contributed by atoms with Crippen LogP contribution in [0.4, 0.5) is 11.4 Å². The second-order valence-corrected chi connectivity index (χ2v) is 6.71. The van der Waals surface area contributed by atoms with Gasteiger partial charge in [0, 0.05) is 17.9 Å². The Bertz CT molecular complexity index is 1070. The Balaban J connectivity index is 1.69. The molecule has 0 saturated carbocycles. The normalized spacial score (nSPS) is 12.9. The molecule has 3 aromatic rings. The van der Waals surface area contributed by atoms with Crippen LogP contribution in [0.25, 0.3) is 10.8 Å². The quantitative estimate of drug-likeness (QED) is 0.720. The van der Waals surface area contributed by atoms with Gasteiger partial charge in [-0.15, -0.1) is 0 Å². The summed E-state index contributed by atoms with van der Waals surface area (Å²) in [5.41, 5.74) is 3.05. The SMILES string of the molecule is CCOc1ccc2ccccc2c1C(=O)Nc1ccc2c(c1)CC(=O)N2CC. The Morgan fingerprint density at radius 2 is 1.93 bits per heavy atom. The number of nitrogens with zero attached hydrogens (tertiary/aromatic N) is 1. The monoisotopic (exact) mass is 374 g/mol. The minimum atomic E-state index is -0.225. The lowest BCUT2D eigenvalue weighted by Gasteiger charge is -2.16. The van der Waals surface area contributed by atoms with Crippen LogP contribution in [-0.4, -0.2) is 25.0 Å². The van der Waals surface area contributed by atoms with Crippen molar-refractivity contribution in [1.82, 2.24) is 0 Å². The number of ether oxygens (including phenoxy) is 1. The van der Waals surface area contributed by atoms with Crippen molar-refractivity contribution < 1.29 is 14.3 Å². The number of likely N-dealkylation sites (N-methyl/N-ethyl adjacent to an activating group) is 1. The highest BCUT2D eigenvalue weighted by Crippen LogP contribution is 2.32. The van der Waals surface area contributed by atoms with E-state index in [0.717, 1.165) is 22.0 Å². The van der Waals surface area contributed by atoms with Gasteiger partial charge in [-0.3, -0.25) is 9.59 Å². The van der Waals surface area contributed by atoms with E-state index in [1.54, 1.807) is 4.90 Å². The van der Waals surface area contributed by atoms with E-state index in [0.29, 0.717) is 36.6 Å². The van der Waals surface area contributed by atoms with Crippen molar-refractivity contribution in [1.29, 1.82) is 0 Å². The molecule has 3 aromatic carbocycles. The predicted octanol–water partition coefficient (Wildman–Crippen LogP) is 4.40. The molecule has 142 valence electrons. The van der Waals surface area contributed by atoms with Crippen LogP contribution in [0.2, 0.25) is 0 Å². The van der Waals surface area contributed by atoms with Crippen LogP contribution >= 0.6 is 0 Å². The summed E-state index contributed by atoms with van der Waals surface area (Å²) < 4.78 is 5.71. The molecule has 0 spiro atoms. The Hall–Kier alpha value is -3.34. The number of carbonyl (C=O) groups excluding carboxylic acids is 2. The van der Waals surface area contributed by atoms with Crippen molar-refractivity contribution in [2.45, 2.75) is 20.3 Å². The summed E-state index contributed by atoms with van der Waals surface area (Å²) in [7, 11) is 0. The first-order chi connectivity index (χ1) is 13.6. The molecule has 1 N–H and O–H groups in total. The molecule has 0 aromatic heterocycles. The minimum Gasteiger partial charge on any atom is -0.493 e. The average Bonchev–Trinajstić information content (AvgIpc) is 3.02. The van der Waals surface area contributed by atoms with Crippen molar-refractivity contribution in [3.05, 3.63) is 65.7 Å². The van der Waals surface area contributed by atoms with Gasteiger partial charge in [0.2, 0.25) is 5.91 Å². The molecule has 0 atom stereocenters. The first kappa shape index (κ1) is 18.0. The van der Waals surface area contributed by atoms with E-state index in [-0.39, 0.29) is 11.8 Å². The van der Waals surface area contributed by atoms with Gasteiger partial charge in [0.15, 0.2) is 0 Å². The van der Waals surface area contributed by atoms with Gasteiger partial charge in [-0.05, 0) is 54.4 Å². The van der Waals surface area contributed by atoms with E-state index < -0.39 is 0 Å². The standard InChI is InChI=1S/C23H22N2O3/c1-3-25-19-11-10-17(13-16(19)14-21(25)26)24-23(27)22-18-8-6-5-7-15(18)9-12-20(22)28-4-2/h5-13H,3-4,14H2,1-2H3,(H,24,27). The summed E-state index contributed by atoms with van der Waals surface area (Å²) in [5.74, 6) is 0.428. The van der Waals surface area contributed by atoms with Crippen molar-refractivity contribution in [2.24, 2.45) is 0 Å². The minimum absolute atomic E-state index is 0.0914. The van der Waals surface area contributed by atoms with E-state index in [9.17, 15) is 9.59 Å². The van der Waals surface area contributed by atoms with Crippen LogP contribution in [0, 0.1) is 0 Å². The van der Waals surface area contributed by atoms with E-state index in [4.69, 9.17) is 4.74 Å². The highest BCUT2D eigenvalue weighted by molar-refractivity contribution is 6.15. The summed E-state index contributed by atoms with van der Waals surface area (Å²) in [6.07, 6.45) is 0.366. The van der Waals surface area contributed by atoms with Gasteiger partial charge in [-0.25, -0.2) is 0 Å². The van der Waals surface area contributed by atoms with Crippen molar-refractivity contribution >= 4 is 34.0 Å². The zero-order valence-corrected chi connectivity index (χ0v) is 16.0. The average molecular weight is 374 g/mol. The fraction of sp³-hybridized carbons (Fsp3) is 0.217. The molecule has 0 unspecified atom stereocenters. The van der Waals surface area contributed by atoms with Gasteiger partial charge in [0.25, 0.3) is 5.91 Å². The van der Waals surface area contributed by atoms with Gasteiger partial charge in [0.1, 0.15) is 5.75 Å². The topological polar surface area (TPSA) is 58.6 Å². The third-order valence-corrected chi connectivity index (χ3v) is 5.00. The maximum Gasteiger partial charge on any atom is 0.260 e. The number of hydrogen-bond donors (Lipinski definition) is 1. The van der Waals surface area contributed by atoms with Gasteiger partial charge < -0.3 is 15.0 Å². The van der Waals surface area contributed by atoms with Crippen LogP contribution in [-0.2, 0) is 11.2 Å². The van der Waals surface area contributed by atoms with Crippen molar-refractivity contribution in [3.8, 4) is 5.75 Å². The number of carbonyl (C=O) groups is 2. The summed E-state index contributed by atoms with van der Waals surface area (Å²) in [6, 6.07) is 17.2. The third-order valence-electron chi connectivity index (χ3n) is 5.00. The molecule has 0 aliphatic carbocycles. The Labute approximate surface area is 163 Å². The van der Waals surface area contributed by atoms with Crippen LogP contribution in [0.15, 0.2) is 54.6 Å². The molecule has 28 heavy (non-hydrogen) atoms. The maximum atomic E-state index is 13.1. The maximum absolute atomic E-state index is 13.1. The number of nitrogens with one attached hydrogen (secondary N) is 1. The number of fused-ring (bicyclic) bond motifs is 2. The van der Waals surface area contributed by atoms with Gasteiger partial charge in [-0.1, -0.05) is 30.3 Å². The van der Waals surface area contributed by atoms with Crippen molar-refractivity contribution in [3.63, 3.8) is 0 Å². The zero-order chi connectivity index (χ0) is 19.7. The largest absolute Gasteiger partial charge is 0.493 e. The van der Waals surface area contributed by atoms with Crippen LogP contribution < -0.4 is 15.0 Å². The molecule has 2 amide bonds. The third kappa shape index (κ3) is 3.09. The molecule has 0 radical (unpaired) electrons. The molecule has 0 fully saturated rings. The molecule has 1 aliphatic heterocycles. The lowest BCUT2D eigenvalue weighted by Crippen LogP contribution is -2.25. The molecule has 0 bridgehead atoms. The number of benzene rings is 3. The summed E-state index contributed by atoms with van der Waals surface area (Å²) in [5, 5.41) is 4.81. The first-order valence-electron chi connectivity index (χ1n) is 9.51. The lowest BCUT2D eigenvalue weighted by molar-refractivity contribution is -0.117. The highest BCUT2D eigenvalue weighted by Gasteiger charge is 2.26. The van der Waals surface area contributed by atoms with Crippen molar-refractivity contribution in [2.75, 3.05) is 23.4 Å². The lowest BCUT2D eigenvalue weighted by atomic mass is 10.0. The molecule has 4 rings (SSSR count). The molecular formula is C23H22N2O3. The van der Waals surface area contributed by atoms with E-state index in [1.807, 2.05) is 68.4 Å². The van der Waals surface area contributed by atoms with Gasteiger partial charge >= 0.3 is 0 Å². The van der Waals surface area contributed by atoms with E-state index >= 15 is 0 Å². The number of anilines is 2. The fourth-order valence-electron chi connectivity index (χ4n) is 3.76. The summed E-state index contributed by atoms with van der Waals surface area (Å²) in [4.78, 5) is 27.0. The summed E-state index contributed by atoms with van der Waals surface area (Å²) in [6.45, 7) is 4.98. The molecule has 5 nitrogen and oxygen atoms in total. The van der Waals surface area contributed by atoms with Crippen LogP contribution in [0.5, 0.6) is 5.75 Å². The zero-order valence-electron chi connectivity index (χ0n) is 16.0. The molecule has 0 saturated heterocycles. The van der Waals surface area contributed by atoms with Crippen LogP contribution in [0.3, 0.4) is 0 Å². The second-order valence-electron chi connectivity index (χ2n) is 6.71. The van der Waals surface area contributed by atoms with Gasteiger partial charge in [0.05, 0.1) is 18.6 Å². The predicted molar refractivity (Wildman–Crippen MR) is 111 cm³/mol. The first-order valence-corrected chi connectivity index (χ1v) is 9.51. The molecule has 5 heteroatoms. The number of hydrogen-bond acceptors (Lipinski definition) is 3. The van der Waals surface area contributed by atoms with E-state index in [2.05, 4.69) is 5.32 Å². The van der Waals surface area contributed by atoms with Crippen LogP contribution in [0.1, 0.15) is 29.8 Å². The fourth-order valence-corrected chi connectivity index (χ4v) is 3.76. The molecular weight excluding hydrogens is 352 g/mol. The van der Waals surface area contributed by atoms with Gasteiger partial charge in [-0.2, -0.15) is 0 Å². The Morgan fingerprint density at radius 3 is 2.71 bits per heavy atom. The number of rotatable bonds is 5. The Kier molecular flexibility index (Phi) is 4.74. The number of amides is 2.